The molecule has 96 valence electrons. The molecule has 1 aromatic carbocycles. The first-order valence-electron chi connectivity index (χ1n) is 5.43. The van der Waals surface area contributed by atoms with Crippen LogP contribution in [0.25, 0.3) is 0 Å². The minimum atomic E-state index is -2.93. The van der Waals surface area contributed by atoms with Crippen LogP contribution in [0.3, 0.4) is 0 Å². The molecule has 0 radical (unpaired) electrons. The SMILES string of the molecule is Cc1ccc(OCCCS(C)(=O)=O)c(CO)c1. The summed E-state index contributed by atoms with van der Waals surface area (Å²) in [6.07, 6.45) is 1.66. The van der Waals surface area contributed by atoms with E-state index in [1.165, 1.54) is 6.26 Å². The molecule has 17 heavy (non-hydrogen) atoms. The second kappa shape index (κ2) is 6.02. The van der Waals surface area contributed by atoms with Crippen molar-refractivity contribution in [3.63, 3.8) is 0 Å². The Labute approximate surface area is 102 Å². The van der Waals surface area contributed by atoms with Crippen LogP contribution in [0.1, 0.15) is 17.5 Å². The van der Waals surface area contributed by atoms with Crippen LogP contribution in [-0.4, -0.2) is 32.1 Å². The van der Waals surface area contributed by atoms with E-state index in [4.69, 9.17) is 9.84 Å². The number of sulfone groups is 1. The number of aliphatic hydroxyl groups is 1. The molecule has 1 N–H and O–H groups in total. The summed E-state index contributed by atoms with van der Waals surface area (Å²) in [6, 6.07) is 5.54. The third-order valence-electron chi connectivity index (χ3n) is 2.30. The van der Waals surface area contributed by atoms with Crippen LogP contribution in [0.2, 0.25) is 0 Å². The molecule has 0 aliphatic carbocycles. The fraction of sp³-hybridized carbons (Fsp3) is 0.500. The maximum absolute atomic E-state index is 10.9. The third kappa shape index (κ3) is 5.19. The monoisotopic (exact) mass is 258 g/mol. The molecule has 0 aliphatic rings. The van der Waals surface area contributed by atoms with Crippen LogP contribution in [0.5, 0.6) is 5.75 Å². The van der Waals surface area contributed by atoms with Crippen molar-refractivity contribution in [3.05, 3.63) is 29.3 Å². The van der Waals surface area contributed by atoms with Crippen molar-refractivity contribution in [1.29, 1.82) is 0 Å². The van der Waals surface area contributed by atoms with Crippen LogP contribution in [-0.2, 0) is 16.4 Å². The second-order valence-electron chi connectivity index (χ2n) is 4.10. The van der Waals surface area contributed by atoms with Crippen LogP contribution < -0.4 is 4.74 Å². The van der Waals surface area contributed by atoms with Gasteiger partial charge < -0.3 is 9.84 Å². The van der Waals surface area contributed by atoms with Gasteiger partial charge in [-0.2, -0.15) is 0 Å². The molecule has 1 rings (SSSR count). The Balaban J connectivity index is 2.52. The Kier molecular flexibility index (Phi) is 4.96. The van der Waals surface area contributed by atoms with Gasteiger partial charge >= 0.3 is 0 Å². The molecule has 0 atom stereocenters. The van der Waals surface area contributed by atoms with Gasteiger partial charge in [-0.25, -0.2) is 8.42 Å². The van der Waals surface area contributed by atoms with Crippen molar-refractivity contribution in [2.45, 2.75) is 20.0 Å². The maximum Gasteiger partial charge on any atom is 0.147 e. The highest BCUT2D eigenvalue weighted by molar-refractivity contribution is 7.90. The van der Waals surface area contributed by atoms with E-state index in [1.807, 2.05) is 19.1 Å². The molecule has 0 bridgehead atoms. The molecule has 0 aliphatic heterocycles. The average molecular weight is 258 g/mol. The lowest BCUT2D eigenvalue weighted by Crippen LogP contribution is -2.08. The molecule has 4 nitrogen and oxygen atoms in total. The lowest BCUT2D eigenvalue weighted by molar-refractivity contribution is 0.263. The molecule has 5 heteroatoms. The topological polar surface area (TPSA) is 63.6 Å². The van der Waals surface area contributed by atoms with E-state index in [0.29, 0.717) is 18.8 Å². The Morgan fingerprint density at radius 3 is 2.65 bits per heavy atom. The van der Waals surface area contributed by atoms with Gasteiger partial charge in [0.25, 0.3) is 0 Å². The van der Waals surface area contributed by atoms with Gasteiger partial charge in [-0.15, -0.1) is 0 Å². The van der Waals surface area contributed by atoms with Gasteiger partial charge in [0.2, 0.25) is 0 Å². The quantitative estimate of drug-likeness (QED) is 0.781. The van der Waals surface area contributed by atoms with Gasteiger partial charge in [-0.3, -0.25) is 0 Å². The zero-order valence-electron chi connectivity index (χ0n) is 10.1. The van der Waals surface area contributed by atoms with E-state index in [2.05, 4.69) is 0 Å². The summed E-state index contributed by atoms with van der Waals surface area (Å²) >= 11 is 0. The lowest BCUT2D eigenvalue weighted by atomic mass is 10.1. The zero-order chi connectivity index (χ0) is 12.9. The van der Waals surface area contributed by atoms with Gasteiger partial charge in [0.15, 0.2) is 0 Å². The highest BCUT2D eigenvalue weighted by Crippen LogP contribution is 2.20. The molecule has 0 fully saturated rings. The Morgan fingerprint density at radius 2 is 2.06 bits per heavy atom. The van der Waals surface area contributed by atoms with E-state index < -0.39 is 9.84 Å². The summed E-state index contributed by atoms with van der Waals surface area (Å²) in [7, 11) is -2.93. The molecular weight excluding hydrogens is 240 g/mol. The summed E-state index contributed by atoms with van der Waals surface area (Å²) in [5, 5.41) is 9.15. The molecule has 0 heterocycles. The van der Waals surface area contributed by atoms with E-state index in [-0.39, 0.29) is 12.4 Å². The number of aliphatic hydroxyl groups excluding tert-OH is 1. The van der Waals surface area contributed by atoms with Crippen molar-refractivity contribution in [2.24, 2.45) is 0 Å². The molecule has 0 saturated carbocycles. The van der Waals surface area contributed by atoms with E-state index in [9.17, 15) is 8.42 Å². The number of rotatable bonds is 6. The first-order chi connectivity index (χ1) is 7.92. The van der Waals surface area contributed by atoms with Gasteiger partial charge in [-0.05, 0) is 19.4 Å². The Morgan fingerprint density at radius 1 is 1.35 bits per heavy atom. The fourth-order valence-electron chi connectivity index (χ4n) is 1.48. The van der Waals surface area contributed by atoms with Crippen LogP contribution in [0, 0.1) is 6.92 Å². The third-order valence-corrected chi connectivity index (χ3v) is 3.33. The summed E-state index contributed by atoms with van der Waals surface area (Å²) in [5.41, 5.74) is 1.78. The number of hydrogen-bond donors (Lipinski definition) is 1. The first-order valence-corrected chi connectivity index (χ1v) is 7.49. The number of hydrogen-bond acceptors (Lipinski definition) is 4. The highest BCUT2D eigenvalue weighted by atomic mass is 32.2. The van der Waals surface area contributed by atoms with E-state index in [1.54, 1.807) is 6.07 Å². The zero-order valence-corrected chi connectivity index (χ0v) is 11.0. The van der Waals surface area contributed by atoms with Crippen molar-refractivity contribution in [2.75, 3.05) is 18.6 Å². The van der Waals surface area contributed by atoms with Crippen molar-refractivity contribution in [3.8, 4) is 5.75 Å². The normalized spacial score (nSPS) is 11.5. The minimum Gasteiger partial charge on any atom is -0.493 e. The predicted molar refractivity (Wildman–Crippen MR) is 66.9 cm³/mol. The number of aryl methyl sites for hydroxylation is 1. The molecule has 0 unspecified atom stereocenters. The van der Waals surface area contributed by atoms with Crippen molar-refractivity contribution >= 4 is 9.84 Å². The largest absolute Gasteiger partial charge is 0.493 e. The van der Waals surface area contributed by atoms with Gasteiger partial charge in [0.05, 0.1) is 19.0 Å². The second-order valence-corrected chi connectivity index (χ2v) is 6.36. The molecule has 0 amide bonds. The molecule has 1 aromatic rings. The molecule has 0 saturated heterocycles. The summed E-state index contributed by atoms with van der Waals surface area (Å²) < 4.78 is 27.3. The van der Waals surface area contributed by atoms with Crippen LogP contribution in [0.4, 0.5) is 0 Å². The fourth-order valence-corrected chi connectivity index (χ4v) is 2.12. The standard InChI is InChI=1S/C12H18O4S/c1-10-4-5-12(11(8-10)9-13)16-6-3-7-17(2,14)15/h4-5,8,13H,3,6-7,9H2,1-2H3. The van der Waals surface area contributed by atoms with Crippen molar-refractivity contribution < 1.29 is 18.3 Å². The molecule has 0 spiro atoms. The van der Waals surface area contributed by atoms with Gasteiger partial charge in [0, 0.05) is 11.8 Å². The summed E-state index contributed by atoms with van der Waals surface area (Å²) in [4.78, 5) is 0. The molecule has 0 aromatic heterocycles. The Hall–Kier alpha value is -1.07. The van der Waals surface area contributed by atoms with Gasteiger partial charge in [-0.1, -0.05) is 17.7 Å². The van der Waals surface area contributed by atoms with Crippen LogP contribution in [0.15, 0.2) is 18.2 Å². The minimum absolute atomic E-state index is 0.0803. The van der Waals surface area contributed by atoms with Gasteiger partial charge in [0.1, 0.15) is 15.6 Å². The maximum atomic E-state index is 10.9. The predicted octanol–water partition coefficient (Wildman–Crippen LogP) is 1.30. The van der Waals surface area contributed by atoms with Crippen LogP contribution >= 0.6 is 0 Å². The van der Waals surface area contributed by atoms with E-state index >= 15 is 0 Å². The summed E-state index contributed by atoms with van der Waals surface area (Å²) in [5.74, 6) is 0.736. The Bertz CT molecular complexity index is 465. The summed E-state index contributed by atoms with van der Waals surface area (Å²) in [6.45, 7) is 2.19. The first kappa shape index (κ1) is 14.0. The highest BCUT2D eigenvalue weighted by Gasteiger charge is 2.05. The van der Waals surface area contributed by atoms with E-state index in [0.717, 1.165) is 11.1 Å². The lowest BCUT2D eigenvalue weighted by Gasteiger charge is -2.10. The number of benzene rings is 1. The smallest absolute Gasteiger partial charge is 0.147 e. The number of ether oxygens (including phenoxy) is 1. The molecular formula is C12H18O4S. The van der Waals surface area contributed by atoms with Crippen molar-refractivity contribution in [1.82, 2.24) is 0 Å². The average Bonchev–Trinajstić information content (AvgIpc) is 2.24.